The lowest BCUT2D eigenvalue weighted by Gasteiger charge is -2.46. The van der Waals surface area contributed by atoms with Crippen molar-refractivity contribution in [3.63, 3.8) is 0 Å². The van der Waals surface area contributed by atoms with Crippen molar-refractivity contribution in [1.29, 1.82) is 0 Å². The Balaban J connectivity index is 1.24. The minimum atomic E-state index is -0.234. The summed E-state index contributed by atoms with van der Waals surface area (Å²) in [5, 5.41) is 2.64. The number of para-hydroxylation sites is 2. The first-order chi connectivity index (χ1) is 31.6. The molecule has 4 heterocycles. The van der Waals surface area contributed by atoms with E-state index in [-0.39, 0.29) is 33.9 Å². The Hall–Kier alpha value is -6.20. The quantitative estimate of drug-likeness (QED) is 0.154. The van der Waals surface area contributed by atoms with E-state index in [9.17, 15) is 0 Å². The Kier molecular flexibility index (Phi) is 7.88. The average Bonchev–Trinajstić information content (AvgIpc) is 3.72. The van der Waals surface area contributed by atoms with E-state index in [0.29, 0.717) is 0 Å². The van der Waals surface area contributed by atoms with Gasteiger partial charge in [0.25, 0.3) is 0 Å². The maximum Gasteiger partial charge on any atom is 0.333 e. The molecule has 0 atom stereocenters. The van der Waals surface area contributed by atoms with Crippen molar-refractivity contribution < 1.29 is 9.47 Å². The number of aryl methyl sites for hydroxylation is 1. The van der Waals surface area contributed by atoms with Gasteiger partial charge < -0.3 is 18.9 Å². The summed E-state index contributed by atoms with van der Waals surface area (Å²) in [6.45, 7) is 31.0. The number of anilines is 2. The molecule has 8 aromatic rings. The standard InChI is InChI=1S/C62H61BN2O2/c1-34-26-42-43(61(10,11)25-24-60(42,8)9)31-47(34)65-48-33-53-52(66-50-20-16-17-21-51(50)67-53)30-40(48)55-54-37-18-14-15-19-41(37)62(12,13)44(54)32-49-56(55)63(65)45-29-36(59(5,6)7)28-39-38-27-35(58(2,3)4)22-23-46(38)64(49)57(39)45/h14-23,26-33H,24-25H2,1-13H3. The summed E-state index contributed by atoms with van der Waals surface area (Å²) in [4.78, 5) is 2.74. The summed E-state index contributed by atoms with van der Waals surface area (Å²) < 4.78 is 16.4. The zero-order valence-corrected chi connectivity index (χ0v) is 41.6. The van der Waals surface area contributed by atoms with Gasteiger partial charge in [-0.05, 0) is 157 Å². The normalized spacial score (nSPS) is 17.4. The Morgan fingerprint density at radius 1 is 0.522 bits per heavy atom. The number of aromatic nitrogens is 1. The molecule has 2 aliphatic carbocycles. The first kappa shape index (κ1) is 41.0. The largest absolute Gasteiger partial charge is 0.449 e. The maximum atomic E-state index is 6.89. The van der Waals surface area contributed by atoms with Crippen LogP contribution in [-0.2, 0) is 27.1 Å². The van der Waals surface area contributed by atoms with Gasteiger partial charge in [0.15, 0.2) is 23.0 Å². The van der Waals surface area contributed by atoms with Gasteiger partial charge in [-0.25, -0.2) is 0 Å². The molecule has 4 nitrogen and oxygen atoms in total. The van der Waals surface area contributed by atoms with E-state index in [1.807, 2.05) is 24.3 Å². The Morgan fingerprint density at radius 3 is 1.82 bits per heavy atom. The third-order valence-electron chi connectivity index (χ3n) is 16.9. The second-order valence-corrected chi connectivity index (χ2v) is 24.5. The molecular formula is C62H61BN2O2. The highest BCUT2D eigenvalue weighted by atomic mass is 16.6. The Bertz CT molecular complexity index is 3550. The van der Waals surface area contributed by atoms with Crippen LogP contribution < -0.4 is 25.2 Å². The zero-order valence-electron chi connectivity index (χ0n) is 41.6. The van der Waals surface area contributed by atoms with Crippen molar-refractivity contribution in [3.8, 4) is 50.9 Å². The zero-order chi connectivity index (χ0) is 46.6. The van der Waals surface area contributed by atoms with Crippen molar-refractivity contribution in [2.75, 3.05) is 4.81 Å². The molecule has 0 amide bonds. The minimum Gasteiger partial charge on any atom is -0.449 e. The molecule has 7 aromatic carbocycles. The van der Waals surface area contributed by atoms with Gasteiger partial charge in [-0.3, -0.25) is 0 Å². The summed E-state index contributed by atoms with van der Waals surface area (Å²) in [6, 6.07) is 42.0. The fourth-order valence-electron chi connectivity index (χ4n) is 12.9. The molecule has 13 rings (SSSR count). The third-order valence-corrected chi connectivity index (χ3v) is 16.9. The predicted octanol–water partition coefficient (Wildman–Crippen LogP) is 15.5. The SMILES string of the molecule is Cc1cc2c(cc1N1B3c4c(cc5c(c4-c4cc6c(cc41)Oc1ccccc1O6)-c1ccccc1C5(C)C)-n1c4ccc(C(C)(C)C)cc4c4cc(C(C)(C)C)cc3c41)C(C)(C)CCC2(C)C. The van der Waals surface area contributed by atoms with Crippen LogP contribution in [0, 0.1) is 6.92 Å². The molecule has 0 radical (unpaired) electrons. The van der Waals surface area contributed by atoms with E-state index >= 15 is 0 Å². The number of rotatable bonds is 1. The van der Waals surface area contributed by atoms with Crippen LogP contribution in [-0.4, -0.2) is 11.4 Å². The van der Waals surface area contributed by atoms with Gasteiger partial charge in [0, 0.05) is 44.9 Å². The Morgan fingerprint density at radius 2 is 1.13 bits per heavy atom. The molecule has 5 heteroatoms. The number of benzene rings is 7. The van der Waals surface area contributed by atoms with Gasteiger partial charge in [0.1, 0.15) is 0 Å². The van der Waals surface area contributed by atoms with Crippen LogP contribution in [0.25, 0.3) is 49.7 Å². The summed E-state index contributed by atoms with van der Waals surface area (Å²) in [5.74, 6) is 2.96. The molecule has 0 saturated heterocycles. The van der Waals surface area contributed by atoms with Gasteiger partial charge >= 0.3 is 6.85 Å². The van der Waals surface area contributed by atoms with Crippen molar-refractivity contribution in [2.24, 2.45) is 0 Å². The van der Waals surface area contributed by atoms with E-state index in [1.165, 1.54) is 112 Å². The molecule has 3 aliphatic heterocycles. The van der Waals surface area contributed by atoms with E-state index in [2.05, 4.69) is 184 Å². The second kappa shape index (κ2) is 12.9. The number of ether oxygens (including phenoxy) is 2. The van der Waals surface area contributed by atoms with Crippen LogP contribution in [0.4, 0.5) is 11.4 Å². The van der Waals surface area contributed by atoms with Crippen LogP contribution in [0.3, 0.4) is 0 Å². The van der Waals surface area contributed by atoms with Crippen LogP contribution >= 0.6 is 0 Å². The second-order valence-electron chi connectivity index (χ2n) is 24.5. The lowest BCUT2D eigenvalue weighted by Crippen LogP contribution is -2.61. The van der Waals surface area contributed by atoms with Crippen molar-refractivity contribution >= 4 is 51.0 Å². The monoisotopic (exact) mass is 876 g/mol. The number of hydrogen-bond acceptors (Lipinski definition) is 3. The Labute approximate surface area is 397 Å². The summed E-state index contributed by atoms with van der Waals surface area (Å²) in [5.41, 5.74) is 23.5. The first-order valence-corrected chi connectivity index (χ1v) is 24.7. The molecule has 67 heavy (non-hydrogen) atoms. The molecule has 1 aromatic heterocycles. The van der Waals surface area contributed by atoms with Crippen LogP contribution in [0.5, 0.6) is 23.0 Å². The fraction of sp³-hybridized carbons (Fsp3) is 0.323. The molecular weight excluding hydrogens is 816 g/mol. The highest BCUT2D eigenvalue weighted by Crippen LogP contribution is 2.60. The number of nitrogens with zero attached hydrogens (tertiary/aromatic N) is 2. The van der Waals surface area contributed by atoms with E-state index in [0.717, 1.165) is 35.1 Å². The summed E-state index contributed by atoms with van der Waals surface area (Å²) in [6.07, 6.45) is 2.32. The number of fused-ring (bicyclic) bond motifs is 14. The van der Waals surface area contributed by atoms with Gasteiger partial charge in [-0.1, -0.05) is 138 Å². The maximum absolute atomic E-state index is 6.89. The molecule has 5 aliphatic rings. The fourth-order valence-corrected chi connectivity index (χ4v) is 12.9. The van der Waals surface area contributed by atoms with Crippen molar-refractivity contribution in [1.82, 2.24) is 4.57 Å². The minimum absolute atomic E-state index is 0.00586. The molecule has 0 spiro atoms. The van der Waals surface area contributed by atoms with Crippen LogP contribution in [0.2, 0.25) is 0 Å². The van der Waals surface area contributed by atoms with Crippen LogP contribution in [0.1, 0.15) is 135 Å². The molecule has 0 saturated carbocycles. The first-order valence-electron chi connectivity index (χ1n) is 24.7. The van der Waals surface area contributed by atoms with E-state index < -0.39 is 0 Å². The molecule has 0 unspecified atom stereocenters. The van der Waals surface area contributed by atoms with Crippen molar-refractivity contribution in [3.05, 3.63) is 148 Å². The number of hydrogen-bond donors (Lipinski definition) is 0. The highest BCUT2D eigenvalue weighted by molar-refractivity contribution is 6.94. The predicted molar refractivity (Wildman–Crippen MR) is 281 cm³/mol. The van der Waals surface area contributed by atoms with Gasteiger partial charge in [-0.2, -0.15) is 0 Å². The van der Waals surface area contributed by atoms with Gasteiger partial charge in [0.2, 0.25) is 0 Å². The summed E-state index contributed by atoms with van der Waals surface area (Å²) >= 11 is 0. The topological polar surface area (TPSA) is 26.6 Å². The molecule has 0 fully saturated rings. The van der Waals surface area contributed by atoms with E-state index in [4.69, 9.17) is 9.47 Å². The van der Waals surface area contributed by atoms with Gasteiger partial charge in [-0.15, -0.1) is 0 Å². The van der Waals surface area contributed by atoms with Crippen molar-refractivity contribution in [2.45, 2.75) is 130 Å². The smallest absolute Gasteiger partial charge is 0.333 e. The van der Waals surface area contributed by atoms with Gasteiger partial charge in [0.05, 0.1) is 11.0 Å². The van der Waals surface area contributed by atoms with E-state index in [1.54, 1.807) is 0 Å². The lowest BCUT2D eigenvalue weighted by atomic mass is 9.43. The molecule has 0 N–H and O–H groups in total. The third kappa shape index (κ3) is 5.43. The molecule has 334 valence electrons. The lowest BCUT2D eigenvalue weighted by molar-refractivity contribution is 0.332. The average molecular weight is 877 g/mol. The highest BCUT2D eigenvalue weighted by Gasteiger charge is 2.50. The van der Waals surface area contributed by atoms with Crippen LogP contribution in [0.15, 0.2) is 109 Å². The summed E-state index contributed by atoms with van der Waals surface area (Å²) in [7, 11) is 0. The molecule has 0 bridgehead atoms.